The average molecular weight is 324 g/mol. The Morgan fingerprint density at radius 2 is 2.11 bits per heavy atom. The molecule has 2 rings (SSSR count). The molecule has 18 heavy (non-hydrogen) atoms. The van der Waals surface area contributed by atoms with Crippen molar-refractivity contribution >= 4 is 27.3 Å². The van der Waals surface area contributed by atoms with Crippen LogP contribution in [0.1, 0.15) is 29.0 Å². The van der Waals surface area contributed by atoms with Crippen LogP contribution in [0.3, 0.4) is 0 Å². The minimum Gasteiger partial charge on any atom is -0.310 e. The lowest BCUT2D eigenvalue weighted by atomic mass is 10.0. The van der Waals surface area contributed by atoms with Crippen LogP contribution >= 0.6 is 27.3 Å². The van der Waals surface area contributed by atoms with Gasteiger partial charge in [-0.25, -0.2) is 0 Å². The summed E-state index contributed by atoms with van der Waals surface area (Å²) in [6, 6.07) is 11.1. The van der Waals surface area contributed by atoms with Crippen molar-refractivity contribution in [3.8, 4) is 0 Å². The van der Waals surface area contributed by atoms with E-state index in [0.717, 1.165) is 13.0 Å². The molecule has 0 aliphatic rings. The third-order valence-corrected chi connectivity index (χ3v) is 4.64. The summed E-state index contributed by atoms with van der Waals surface area (Å²) >= 11 is 5.45. The number of rotatable bonds is 5. The highest BCUT2D eigenvalue weighted by atomic mass is 79.9. The number of hydrogen-bond acceptors (Lipinski definition) is 2. The fourth-order valence-corrected chi connectivity index (χ4v) is 3.29. The quantitative estimate of drug-likeness (QED) is 0.840. The molecule has 0 aliphatic heterocycles. The lowest BCUT2D eigenvalue weighted by molar-refractivity contribution is 0.550. The van der Waals surface area contributed by atoms with E-state index in [9.17, 15) is 0 Å². The number of nitrogens with one attached hydrogen (secondary N) is 1. The van der Waals surface area contributed by atoms with Crippen LogP contribution in [0.15, 0.2) is 40.2 Å². The molecule has 1 unspecified atom stereocenters. The first kappa shape index (κ1) is 13.8. The van der Waals surface area contributed by atoms with Gasteiger partial charge < -0.3 is 5.32 Å². The Morgan fingerprint density at radius 1 is 1.33 bits per heavy atom. The summed E-state index contributed by atoms with van der Waals surface area (Å²) in [5.74, 6) is 0. The molecule has 0 saturated heterocycles. The van der Waals surface area contributed by atoms with Crippen molar-refractivity contribution in [1.29, 1.82) is 0 Å². The number of benzene rings is 1. The van der Waals surface area contributed by atoms with Gasteiger partial charge in [0.1, 0.15) is 0 Å². The van der Waals surface area contributed by atoms with Gasteiger partial charge in [-0.15, -0.1) is 11.3 Å². The second kappa shape index (κ2) is 6.50. The van der Waals surface area contributed by atoms with E-state index in [2.05, 4.69) is 70.8 Å². The summed E-state index contributed by atoms with van der Waals surface area (Å²) in [7, 11) is 0. The Balaban J connectivity index is 2.19. The minimum atomic E-state index is 0.402. The van der Waals surface area contributed by atoms with Gasteiger partial charge in [0.15, 0.2) is 0 Å². The average Bonchev–Trinajstić information content (AvgIpc) is 2.78. The SMILES string of the molecule is CCNC(Cc1ccccc1Br)c1csc(C)c1. The minimum absolute atomic E-state index is 0.402. The highest BCUT2D eigenvalue weighted by Crippen LogP contribution is 2.26. The topological polar surface area (TPSA) is 12.0 Å². The van der Waals surface area contributed by atoms with Crippen molar-refractivity contribution in [2.75, 3.05) is 6.54 Å². The molecule has 0 amide bonds. The molecule has 1 nitrogen and oxygen atoms in total. The normalized spacial score (nSPS) is 12.6. The molecule has 0 aliphatic carbocycles. The second-order valence-electron chi connectivity index (χ2n) is 4.40. The molecule has 1 atom stereocenters. The Hall–Kier alpha value is -0.640. The molecule has 96 valence electrons. The van der Waals surface area contributed by atoms with Gasteiger partial charge in [0.05, 0.1) is 0 Å². The summed E-state index contributed by atoms with van der Waals surface area (Å²) in [6.07, 6.45) is 1.02. The van der Waals surface area contributed by atoms with Crippen LogP contribution in [0.4, 0.5) is 0 Å². The summed E-state index contributed by atoms with van der Waals surface area (Å²) in [5.41, 5.74) is 2.75. The number of aryl methyl sites for hydroxylation is 1. The van der Waals surface area contributed by atoms with Gasteiger partial charge in [-0.1, -0.05) is 41.1 Å². The van der Waals surface area contributed by atoms with E-state index in [1.54, 1.807) is 0 Å². The standard InChI is InChI=1S/C15H18BrNS/c1-3-17-15(13-8-11(2)18-10-13)9-12-6-4-5-7-14(12)16/h4-8,10,15,17H,3,9H2,1-2H3. The maximum atomic E-state index is 3.63. The van der Waals surface area contributed by atoms with E-state index in [1.807, 2.05) is 11.3 Å². The first-order chi connectivity index (χ1) is 8.70. The second-order valence-corrected chi connectivity index (χ2v) is 6.37. The van der Waals surface area contributed by atoms with Crippen molar-refractivity contribution < 1.29 is 0 Å². The van der Waals surface area contributed by atoms with Gasteiger partial charge in [0.25, 0.3) is 0 Å². The molecule has 0 radical (unpaired) electrons. The van der Waals surface area contributed by atoms with Crippen LogP contribution in [0.2, 0.25) is 0 Å². The smallest absolute Gasteiger partial charge is 0.0369 e. The number of thiophene rings is 1. The van der Waals surface area contributed by atoms with Crippen molar-refractivity contribution in [2.45, 2.75) is 26.3 Å². The lowest BCUT2D eigenvalue weighted by Crippen LogP contribution is -2.22. The fourth-order valence-electron chi connectivity index (χ4n) is 2.08. The van der Waals surface area contributed by atoms with Gasteiger partial charge in [0, 0.05) is 15.4 Å². The van der Waals surface area contributed by atoms with Gasteiger partial charge in [-0.2, -0.15) is 0 Å². The van der Waals surface area contributed by atoms with Crippen molar-refractivity contribution in [1.82, 2.24) is 5.32 Å². The van der Waals surface area contributed by atoms with Crippen LogP contribution < -0.4 is 5.32 Å². The van der Waals surface area contributed by atoms with E-state index >= 15 is 0 Å². The molecular formula is C15H18BrNS. The molecule has 0 spiro atoms. The molecule has 1 aromatic heterocycles. The fraction of sp³-hybridized carbons (Fsp3) is 0.333. The molecule has 0 fully saturated rings. The molecule has 3 heteroatoms. The monoisotopic (exact) mass is 323 g/mol. The van der Waals surface area contributed by atoms with Gasteiger partial charge >= 0.3 is 0 Å². The maximum Gasteiger partial charge on any atom is 0.0369 e. The van der Waals surface area contributed by atoms with Crippen LogP contribution in [0.5, 0.6) is 0 Å². The Bertz CT molecular complexity index is 507. The third-order valence-electron chi connectivity index (χ3n) is 2.99. The van der Waals surface area contributed by atoms with E-state index < -0.39 is 0 Å². The predicted molar refractivity (Wildman–Crippen MR) is 83.3 cm³/mol. The highest BCUT2D eigenvalue weighted by molar-refractivity contribution is 9.10. The summed E-state index contributed by atoms with van der Waals surface area (Å²) in [4.78, 5) is 1.38. The first-order valence-corrected chi connectivity index (χ1v) is 7.89. The molecule has 2 aromatic rings. The Labute approximate surface area is 121 Å². The highest BCUT2D eigenvalue weighted by Gasteiger charge is 2.13. The van der Waals surface area contributed by atoms with Gasteiger partial charge in [-0.05, 0) is 48.5 Å². The van der Waals surface area contributed by atoms with Crippen molar-refractivity contribution in [3.63, 3.8) is 0 Å². The molecule has 0 bridgehead atoms. The van der Waals surface area contributed by atoms with E-state index in [-0.39, 0.29) is 0 Å². The van der Waals surface area contributed by atoms with Crippen LogP contribution in [0, 0.1) is 6.92 Å². The maximum absolute atomic E-state index is 3.63. The molecular weight excluding hydrogens is 306 g/mol. The largest absolute Gasteiger partial charge is 0.310 e. The summed E-state index contributed by atoms with van der Waals surface area (Å²) < 4.78 is 1.19. The number of halogens is 1. The molecule has 1 N–H and O–H groups in total. The zero-order chi connectivity index (χ0) is 13.0. The zero-order valence-corrected chi connectivity index (χ0v) is 13.1. The Morgan fingerprint density at radius 3 is 2.72 bits per heavy atom. The van der Waals surface area contributed by atoms with E-state index in [1.165, 1.54) is 20.5 Å². The lowest BCUT2D eigenvalue weighted by Gasteiger charge is -2.17. The van der Waals surface area contributed by atoms with E-state index in [0.29, 0.717) is 6.04 Å². The Kier molecular flexibility index (Phi) is 4.98. The number of hydrogen-bond donors (Lipinski definition) is 1. The molecule has 1 heterocycles. The van der Waals surface area contributed by atoms with Crippen molar-refractivity contribution in [2.24, 2.45) is 0 Å². The predicted octanol–water partition coefficient (Wildman–Crippen LogP) is 4.71. The summed E-state index contributed by atoms with van der Waals surface area (Å²) in [6.45, 7) is 5.31. The van der Waals surface area contributed by atoms with Gasteiger partial charge in [0.2, 0.25) is 0 Å². The summed E-state index contributed by atoms with van der Waals surface area (Å²) in [5, 5.41) is 5.84. The third kappa shape index (κ3) is 3.44. The van der Waals surface area contributed by atoms with Crippen LogP contribution in [0.25, 0.3) is 0 Å². The van der Waals surface area contributed by atoms with Gasteiger partial charge in [-0.3, -0.25) is 0 Å². The van der Waals surface area contributed by atoms with Crippen LogP contribution in [-0.2, 0) is 6.42 Å². The molecule has 0 saturated carbocycles. The zero-order valence-electron chi connectivity index (χ0n) is 10.7. The van der Waals surface area contributed by atoms with E-state index in [4.69, 9.17) is 0 Å². The molecule has 1 aromatic carbocycles. The van der Waals surface area contributed by atoms with Crippen molar-refractivity contribution in [3.05, 3.63) is 56.2 Å². The van der Waals surface area contributed by atoms with Crippen LogP contribution in [-0.4, -0.2) is 6.54 Å². The number of likely N-dealkylation sites (N-methyl/N-ethyl adjacent to an activating group) is 1. The first-order valence-electron chi connectivity index (χ1n) is 6.22.